The molecule has 0 atom stereocenters. The first-order valence-electron chi connectivity index (χ1n) is 6.42. The van der Waals surface area contributed by atoms with Crippen molar-refractivity contribution in [2.75, 3.05) is 0 Å². The molecule has 0 unspecified atom stereocenters. The summed E-state index contributed by atoms with van der Waals surface area (Å²) in [5, 5.41) is 15.5. The number of hydrogen-bond donors (Lipinski definition) is 1. The van der Waals surface area contributed by atoms with Gasteiger partial charge in [0.15, 0.2) is 0 Å². The zero-order valence-electron chi connectivity index (χ0n) is 11.9. The quantitative estimate of drug-likeness (QED) is 0.513. The smallest absolute Gasteiger partial charge is 0.267 e. The molecule has 0 radical (unpaired) electrons. The van der Waals surface area contributed by atoms with E-state index in [-0.39, 0.29) is 11.3 Å². The summed E-state index contributed by atoms with van der Waals surface area (Å²) in [4.78, 5) is 22.3. The molecular formula is C15H11Cl2N3O3. The van der Waals surface area contributed by atoms with Crippen LogP contribution in [-0.2, 0) is 0 Å². The van der Waals surface area contributed by atoms with Crippen LogP contribution in [0.5, 0.6) is 0 Å². The number of nitrogens with one attached hydrogen (secondary N) is 1. The van der Waals surface area contributed by atoms with Gasteiger partial charge in [0.2, 0.25) is 0 Å². The van der Waals surface area contributed by atoms with Crippen molar-refractivity contribution in [1.29, 1.82) is 0 Å². The standard InChI is InChI=1S/C15H11Cl2N3O3/c1-9-2-4-11(7-14(9)20(22)23)15(21)19-18-8-10-3-5-12(16)13(17)6-10/h2-8H,1H3,(H,19,21)/b18-8+. The highest BCUT2D eigenvalue weighted by molar-refractivity contribution is 6.42. The zero-order chi connectivity index (χ0) is 17.0. The Morgan fingerprint density at radius 2 is 1.96 bits per heavy atom. The van der Waals surface area contributed by atoms with Gasteiger partial charge in [-0.1, -0.05) is 35.3 Å². The van der Waals surface area contributed by atoms with Crippen LogP contribution in [0.4, 0.5) is 5.69 Å². The molecule has 8 heteroatoms. The largest absolute Gasteiger partial charge is 0.273 e. The van der Waals surface area contributed by atoms with Gasteiger partial charge in [0, 0.05) is 17.2 Å². The second kappa shape index (κ2) is 7.21. The Morgan fingerprint density at radius 1 is 1.22 bits per heavy atom. The molecule has 2 aromatic rings. The first-order chi connectivity index (χ1) is 10.9. The maximum absolute atomic E-state index is 11.9. The van der Waals surface area contributed by atoms with Crippen LogP contribution in [0.2, 0.25) is 10.0 Å². The molecule has 118 valence electrons. The highest BCUT2D eigenvalue weighted by Gasteiger charge is 2.14. The average molecular weight is 352 g/mol. The van der Waals surface area contributed by atoms with Crippen LogP contribution in [-0.4, -0.2) is 17.0 Å². The number of carbonyl (C=O) groups excluding carboxylic acids is 1. The highest BCUT2D eigenvalue weighted by Crippen LogP contribution is 2.22. The van der Waals surface area contributed by atoms with E-state index < -0.39 is 10.8 Å². The number of nitro groups is 1. The molecular weight excluding hydrogens is 341 g/mol. The summed E-state index contributed by atoms with van der Waals surface area (Å²) in [6.07, 6.45) is 1.39. The molecule has 23 heavy (non-hydrogen) atoms. The minimum absolute atomic E-state index is 0.119. The molecule has 0 aromatic heterocycles. The van der Waals surface area contributed by atoms with E-state index in [2.05, 4.69) is 10.5 Å². The molecule has 0 fully saturated rings. The van der Waals surface area contributed by atoms with Crippen LogP contribution < -0.4 is 5.43 Å². The van der Waals surface area contributed by atoms with Crippen LogP contribution >= 0.6 is 23.2 Å². The van der Waals surface area contributed by atoms with E-state index in [0.717, 1.165) is 0 Å². The monoisotopic (exact) mass is 351 g/mol. The first-order valence-corrected chi connectivity index (χ1v) is 7.17. The number of aryl methyl sites for hydroxylation is 1. The summed E-state index contributed by atoms with van der Waals surface area (Å²) in [6.45, 7) is 1.60. The number of hydrogen-bond acceptors (Lipinski definition) is 4. The maximum Gasteiger partial charge on any atom is 0.273 e. The summed E-state index contributed by atoms with van der Waals surface area (Å²) in [5.74, 6) is -0.551. The van der Waals surface area contributed by atoms with Gasteiger partial charge in [-0.25, -0.2) is 5.43 Å². The Balaban J connectivity index is 2.10. The number of halogens is 2. The van der Waals surface area contributed by atoms with Crippen LogP contribution in [0.1, 0.15) is 21.5 Å². The van der Waals surface area contributed by atoms with Crippen molar-refractivity contribution in [2.45, 2.75) is 6.92 Å². The van der Waals surface area contributed by atoms with Gasteiger partial charge in [0.05, 0.1) is 21.2 Å². The summed E-state index contributed by atoms with van der Waals surface area (Å²) >= 11 is 11.7. The number of amides is 1. The van der Waals surface area contributed by atoms with Gasteiger partial charge in [-0.15, -0.1) is 0 Å². The van der Waals surface area contributed by atoms with Crippen molar-refractivity contribution in [3.8, 4) is 0 Å². The lowest BCUT2D eigenvalue weighted by atomic mass is 10.1. The lowest BCUT2D eigenvalue weighted by Gasteiger charge is -2.02. The molecule has 0 spiro atoms. The van der Waals surface area contributed by atoms with Crippen molar-refractivity contribution in [3.63, 3.8) is 0 Å². The molecule has 0 aliphatic rings. The van der Waals surface area contributed by atoms with Gasteiger partial charge in [-0.3, -0.25) is 14.9 Å². The Morgan fingerprint density at radius 3 is 2.61 bits per heavy atom. The SMILES string of the molecule is Cc1ccc(C(=O)N/N=C/c2ccc(Cl)c(Cl)c2)cc1[N+](=O)[O-]. The van der Waals surface area contributed by atoms with Gasteiger partial charge >= 0.3 is 0 Å². The number of nitro benzene ring substituents is 1. The molecule has 0 heterocycles. The van der Waals surface area contributed by atoms with Crippen molar-refractivity contribution in [3.05, 3.63) is 73.2 Å². The van der Waals surface area contributed by atoms with E-state index in [1.54, 1.807) is 25.1 Å². The van der Waals surface area contributed by atoms with Gasteiger partial charge < -0.3 is 0 Å². The Hall–Kier alpha value is -2.44. The predicted octanol–water partition coefficient (Wildman–Crippen LogP) is 3.97. The van der Waals surface area contributed by atoms with Crippen molar-refractivity contribution in [1.82, 2.24) is 5.43 Å². The highest BCUT2D eigenvalue weighted by atomic mass is 35.5. The predicted molar refractivity (Wildman–Crippen MR) is 89.4 cm³/mol. The summed E-state index contributed by atoms with van der Waals surface area (Å²) < 4.78 is 0. The summed E-state index contributed by atoms with van der Waals surface area (Å²) in [7, 11) is 0. The fraction of sp³-hybridized carbons (Fsp3) is 0.0667. The Labute approximate surface area is 141 Å². The van der Waals surface area contributed by atoms with Crippen LogP contribution in [0.15, 0.2) is 41.5 Å². The Bertz CT molecular complexity index is 807. The lowest BCUT2D eigenvalue weighted by molar-refractivity contribution is -0.385. The van der Waals surface area contributed by atoms with Crippen molar-refractivity contribution >= 4 is 41.0 Å². The minimum Gasteiger partial charge on any atom is -0.267 e. The van der Waals surface area contributed by atoms with Crippen LogP contribution in [0.25, 0.3) is 0 Å². The summed E-state index contributed by atoms with van der Waals surface area (Å²) in [5.41, 5.74) is 3.45. The molecule has 2 rings (SSSR count). The number of rotatable bonds is 4. The number of nitrogens with zero attached hydrogens (tertiary/aromatic N) is 2. The molecule has 1 N–H and O–H groups in total. The topological polar surface area (TPSA) is 84.6 Å². The second-order valence-corrected chi connectivity index (χ2v) is 5.45. The molecule has 0 aliphatic carbocycles. The third-order valence-electron chi connectivity index (χ3n) is 2.99. The average Bonchev–Trinajstić information content (AvgIpc) is 2.50. The van der Waals surface area contributed by atoms with E-state index in [9.17, 15) is 14.9 Å². The number of hydrazone groups is 1. The Kier molecular flexibility index (Phi) is 5.31. The zero-order valence-corrected chi connectivity index (χ0v) is 13.4. The first kappa shape index (κ1) is 16.9. The molecule has 0 saturated heterocycles. The maximum atomic E-state index is 11.9. The van der Waals surface area contributed by atoms with Gasteiger partial charge in [0.1, 0.15) is 0 Å². The van der Waals surface area contributed by atoms with Gasteiger partial charge in [-0.05, 0) is 30.7 Å². The number of carbonyl (C=O) groups is 1. The van der Waals surface area contributed by atoms with E-state index in [1.165, 1.54) is 24.4 Å². The van der Waals surface area contributed by atoms with Crippen molar-refractivity contribution in [2.24, 2.45) is 5.10 Å². The number of benzene rings is 2. The van der Waals surface area contributed by atoms with Gasteiger partial charge in [-0.2, -0.15) is 5.10 Å². The third-order valence-corrected chi connectivity index (χ3v) is 3.73. The van der Waals surface area contributed by atoms with Crippen molar-refractivity contribution < 1.29 is 9.72 Å². The van der Waals surface area contributed by atoms with Crippen LogP contribution in [0.3, 0.4) is 0 Å². The van der Waals surface area contributed by atoms with E-state index in [0.29, 0.717) is 21.2 Å². The fourth-order valence-corrected chi connectivity index (χ4v) is 2.08. The molecule has 0 saturated carbocycles. The van der Waals surface area contributed by atoms with E-state index in [4.69, 9.17) is 23.2 Å². The molecule has 6 nitrogen and oxygen atoms in total. The molecule has 0 aliphatic heterocycles. The van der Waals surface area contributed by atoms with Crippen LogP contribution in [0, 0.1) is 17.0 Å². The fourth-order valence-electron chi connectivity index (χ4n) is 1.77. The second-order valence-electron chi connectivity index (χ2n) is 4.63. The normalized spacial score (nSPS) is 10.7. The lowest BCUT2D eigenvalue weighted by Crippen LogP contribution is -2.17. The molecule has 1 amide bonds. The molecule has 2 aromatic carbocycles. The van der Waals surface area contributed by atoms with E-state index in [1.807, 2.05) is 0 Å². The van der Waals surface area contributed by atoms with E-state index >= 15 is 0 Å². The third kappa shape index (κ3) is 4.28. The van der Waals surface area contributed by atoms with Gasteiger partial charge in [0.25, 0.3) is 11.6 Å². The minimum atomic E-state index is -0.551. The summed E-state index contributed by atoms with van der Waals surface area (Å²) in [6, 6.07) is 9.09. The molecule has 0 bridgehead atoms.